The summed E-state index contributed by atoms with van der Waals surface area (Å²) in [6.45, 7) is 9.77. The third-order valence-electron chi connectivity index (χ3n) is 6.72. The van der Waals surface area contributed by atoms with Gasteiger partial charge in [0.15, 0.2) is 0 Å². The van der Waals surface area contributed by atoms with Crippen molar-refractivity contribution >= 4 is 29.0 Å². The molecule has 0 atom stereocenters. The van der Waals surface area contributed by atoms with Crippen LogP contribution >= 0.6 is 0 Å². The van der Waals surface area contributed by atoms with Crippen LogP contribution in [0.25, 0.3) is 0 Å². The first-order valence-corrected chi connectivity index (χ1v) is 11.7. The van der Waals surface area contributed by atoms with Gasteiger partial charge in [-0.15, -0.1) is 0 Å². The average molecular weight is 435 g/mol. The van der Waals surface area contributed by atoms with Crippen LogP contribution in [0.5, 0.6) is 0 Å². The second kappa shape index (κ2) is 9.63. The van der Waals surface area contributed by atoms with Crippen molar-refractivity contribution < 1.29 is 9.59 Å². The molecule has 6 nitrogen and oxygen atoms in total. The Hall–Kier alpha value is -3.02. The van der Waals surface area contributed by atoms with Crippen LogP contribution in [0.15, 0.2) is 36.4 Å². The summed E-state index contributed by atoms with van der Waals surface area (Å²) in [5.41, 5.74) is 5.14. The first kappa shape index (κ1) is 22.2. The second-order valence-corrected chi connectivity index (χ2v) is 9.25. The van der Waals surface area contributed by atoms with Crippen molar-refractivity contribution in [2.24, 2.45) is 5.92 Å². The zero-order valence-corrected chi connectivity index (χ0v) is 19.4. The van der Waals surface area contributed by atoms with Gasteiger partial charge in [0, 0.05) is 43.2 Å². The molecule has 6 heteroatoms. The summed E-state index contributed by atoms with van der Waals surface area (Å²) in [6, 6.07) is 11.4. The highest BCUT2D eigenvalue weighted by molar-refractivity contribution is 6.04. The van der Waals surface area contributed by atoms with E-state index in [1.54, 1.807) is 0 Å². The molecule has 0 bridgehead atoms. The molecule has 2 heterocycles. The number of nitrogens with one attached hydrogen (secondary N) is 2. The zero-order chi connectivity index (χ0) is 22.7. The second-order valence-electron chi connectivity index (χ2n) is 9.25. The maximum Gasteiger partial charge on any atom is 0.323 e. The molecule has 2 aromatic carbocycles. The van der Waals surface area contributed by atoms with Crippen molar-refractivity contribution in [3.8, 4) is 0 Å². The van der Waals surface area contributed by atoms with E-state index in [0.717, 1.165) is 80.3 Å². The van der Waals surface area contributed by atoms with Crippen molar-refractivity contribution in [3.63, 3.8) is 0 Å². The van der Waals surface area contributed by atoms with Crippen molar-refractivity contribution in [2.75, 3.05) is 41.7 Å². The van der Waals surface area contributed by atoms with E-state index in [-0.39, 0.29) is 11.9 Å². The summed E-state index contributed by atoms with van der Waals surface area (Å²) in [7, 11) is 0. The van der Waals surface area contributed by atoms with Crippen LogP contribution in [0.2, 0.25) is 0 Å². The number of carbonyl (C=O) groups excluding carboxylic acids is 2. The van der Waals surface area contributed by atoms with Crippen LogP contribution in [0.4, 0.5) is 21.9 Å². The lowest BCUT2D eigenvalue weighted by Gasteiger charge is -2.34. The number of rotatable bonds is 4. The van der Waals surface area contributed by atoms with Gasteiger partial charge in [0.1, 0.15) is 0 Å². The number of para-hydroxylation sites is 1. The highest BCUT2D eigenvalue weighted by Gasteiger charge is 2.26. The summed E-state index contributed by atoms with van der Waals surface area (Å²) in [5, 5.41) is 5.89. The number of aryl methyl sites for hydroxylation is 2. The number of likely N-dealkylation sites (tertiary alicyclic amines) is 1. The van der Waals surface area contributed by atoms with E-state index in [4.69, 9.17) is 0 Å². The van der Waals surface area contributed by atoms with Crippen LogP contribution in [0.1, 0.15) is 54.1 Å². The minimum atomic E-state index is -0.304. The van der Waals surface area contributed by atoms with E-state index in [0.29, 0.717) is 11.3 Å². The summed E-state index contributed by atoms with van der Waals surface area (Å²) in [4.78, 5) is 30.3. The van der Waals surface area contributed by atoms with Crippen molar-refractivity contribution in [3.05, 3.63) is 53.1 Å². The fraction of sp³-hybridized carbons (Fsp3) is 0.462. The Morgan fingerprint density at radius 3 is 2.22 bits per heavy atom. The molecule has 3 amide bonds. The van der Waals surface area contributed by atoms with E-state index in [1.807, 2.05) is 55.1 Å². The molecular formula is C26H34N4O2. The van der Waals surface area contributed by atoms with Crippen LogP contribution in [0, 0.1) is 19.8 Å². The fourth-order valence-electron chi connectivity index (χ4n) is 4.69. The molecule has 0 spiro atoms. The Kier molecular flexibility index (Phi) is 6.68. The van der Waals surface area contributed by atoms with Crippen LogP contribution in [-0.4, -0.2) is 43.0 Å². The summed E-state index contributed by atoms with van der Waals surface area (Å²) < 4.78 is 0. The molecular weight excluding hydrogens is 400 g/mol. The summed E-state index contributed by atoms with van der Waals surface area (Å²) >= 11 is 0. The van der Waals surface area contributed by atoms with Gasteiger partial charge in [0.25, 0.3) is 5.91 Å². The zero-order valence-electron chi connectivity index (χ0n) is 19.4. The number of hydrogen-bond acceptors (Lipinski definition) is 3. The van der Waals surface area contributed by atoms with E-state index in [2.05, 4.69) is 22.5 Å². The maximum absolute atomic E-state index is 13.4. The van der Waals surface area contributed by atoms with Gasteiger partial charge < -0.3 is 20.4 Å². The molecule has 0 aliphatic carbocycles. The lowest BCUT2D eigenvalue weighted by molar-refractivity contribution is 0.0793. The highest BCUT2D eigenvalue weighted by Crippen LogP contribution is 2.30. The molecule has 2 N–H and O–H groups in total. The molecule has 0 aromatic heterocycles. The molecule has 0 saturated carbocycles. The number of benzene rings is 2. The lowest BCUT2D eigenvalue weighted by atomic mass is 9.97. The van der Waals surface area contributed by atoms with Crippen molar-refractivity contribution in [1.29, 1.82) is 0 Å². The van der Waals surface area contributed by atoms with Gasteiger partial charge in [-0.05, 0) is 74.8 Å². The normalized spacial score (nSPS) is 16.8. The van der Waals surface area contributed by atoms with Gasteiger partial charge in [0.2, 0.25) is 0 Å². The smallest absolute Gasteiger partial charge is 0.323 e. The topological polar surface area (TPSA) is 64.7 Å². The lowest BCUT2D eigenvalue weighted by Crippen LogP contribution is -2.36. The molecule has 2 fully saturated rings. The SMILES string of the molecule is Cc1cccc(C)c1NC(=O)Nc1ccc(N2CCC(C)CC2)c(C(=O)N2CCCC2)c1. The molecule has 2 aliphatic rings. The number of piperidine rings is 1. The summed E-state index contributed by atoms with van der Waals surface area (Å²) in [5.74, 6) is 0.786. The van der Waals surface area contributed by atoms with Gasteiger partial charge >= 0.3 is 6.03 Å². The maximum atomic E-state index is 13.4. The summed E-state index contributed by atoms with van der Waals surface area (Å²) in [6.07, 6.45) is 4.38. The number of carbonyl (C=O) groups is 2. The molecule has 170 valence electrons. The monoisotopic (exact) mass is 434 g/mol. The van der Waals surface area contributed by atoms with Crippen LogP contribution in [0.3, 0.4) is 0 Å². The Labute approximate surface area is 191 Å². The largest absolute Gasteiger partial charge is 0.371 e. The molecule has 2 aromatic rings. The standard InChI is InChI=1S/C26H34N4O2/c1-18-11-15-29(16-12-18)23-10-9-21(17-22(23)25(31)30-13-4-5-14-30)27-26(32)28-24-19(2)7-6-8-20(24)3/h6-10,17-18H,4-5,11-16H2,1-3H3,(H2,27,28,32). The molecule has 0 radical (unpaired) electrons. The van der Waals surface area contributed by atoms with Crippen molar-refractivity contribution in [1.82, 2.24) is 4.90 Å². The van der Waals surface area contributed by atoms with E-state index >= 15 is 0 Å². The molecule has 2 saturated heterocycles. The van der Waals surface area contributed by atoms with Crippen molar-refractivity contribution in [2.45, 2.75) is 46.5 Å². The third-order valence-corrected chi connectivity index (χ3v) is 6.72. The van der Waals surface area contributed by atoms with Gasteiger partial charge in [-0.3, -0.25) is 4.79 Å². The van der Waals surface area contributed by atoms with Gasteiger partial charge in [-0.25, -0.2) is 4.79 Å². The molecule has 2 aliphatic heterocycles. The molecule has 4 rings (SSSR count). The highest BCUT2D eigenvalue weighted by atomic mass is 16.2. The number of nitrogens with zero attached hydrogens (tertiary/aromatic N) is 2. The quantitative estimate of drug-likeness (QED) is 0.675. The van der Waals surface area contributed by atoms with Gasteiger partial charge in [-0.1, -0.05) is 25.1 Å². The number of anilines is 3. The molecule has 32 heavy (non-hydrogen) atoms. The predicted molar refractivity (Wildman–Crippen MR) is 131 cm³/mol. The third kappa shape index (κ3) is 4.90. The number of hydrogen-bond donors (Lipinski definition) is 2. The number of urea groups is 1. The Morgan fingerprint density at radius 2 is 1.56 bits per heavy atom. The van der Waals surface area contributed by atoms with Gasteiger partial charge in [-0.2, -0.15) is 0 Å². The Morgan fingerprint density at radius 1 is 0.906 bits per heavy atom. The molecule has 0 unspecified atom stereocenters. The van der Waals surface area contributed by atoms with Crippen LogP contribution < -0.4 is 15.5 Å². The Bertz CT molecular complexity index is 969. The predicted octanol–water partition coefficient (Wildman–Crippen LogP) is 5.42. The first-order valence-electron chi connectivity index (χ1n) is 11.7. The van der Waals surface area contributed by atoms with E-state index in [1.165, 1.54) is 0 Å². The van der Waals surface area contributed by atoms with Crippen LogP contribution in [-0.2, 0) is 0 Å². The Balaban J connectivity index is 1.57. The van der Waals surface area contributed by atoms with Gasteiger partial charge in [0.05, 0.1) is 5.56 Å². The fourth-order valence-corrected chi connectivity index (χ4v) is 4.69. The minimum Gasteiger partial charge on any atom is -0.371 e. The van der Waals surface area contributed by atoms with E-state index in [9.17, 15) is 9.59 Å². The minimum absolute atomic E-state index is 0.0647. The number of amides is 3. The average Bonchev–Trinajstić information content (AvgIpc) is 3.31. The van der Waals surface area contributed by atoms with E-state index < -0.39 is 0 Å². The first-order chi connectivity index (χ1) is 15.4.